The van der Waals surface area contributed by atoms with Gasteiger partial charge in [-0.15, -0.1) is 10.2 Å². The third-order valence-electron chi connectivity index (χ3n) is 4.59. The minimum Gasteiger partial charge on any atom is -0.379 e. The summed E-state index contributed by atoms with van der Waals surface area (Å²) < 4.78 is 32.2. The normalized spacial score (nSPS) is 15.0. The first-order chi connectivity index (χ1) is 14.9. The molecule has 1 fully saturated rings. The highest BCUT2D eigenvalue weighted by atomic mass is 35.5. The fourth-order valence-electron chi connectivity index (χ4n) is 3.03. The number of aromatic nitrogens is 4. The standard InChI is InChI=1S/C19H19ClN6O4S/c20-16-7-6-15(31(28,29)25-8-10-30-11-9-25)12-17(16)21-18(27)13-26-23-19(22-24-26)14-4-2-1-3-5-14/h1-7,12H,8-11,13H2,(H,21,27). The van der Waals surface area contributed by atoms with Crippen molar-refractivity contribution in [2.75, 3.05) is 31.6 Å². The number of nitrogens with zero attached hydrogens (tertiary/aromatic N) is 5. The zero-order valence-corrected chi connectivity index (χ0v) is 17.9. The van der Waals surface area contributed by atoms with Crippen molar-refractivity contribution in [3.63, 3.8) is 0 Å². The molecule has 0 atom stereocenters. The van der Waals surface area contributed by atoms with E-state index < -0.39 is 15.9 Å². The minimum atomic E-state index is -3.72. The van der Waals surface area contributed by atoms with E-state index in [1.54, 1.807) is 0 Å². The van der Waals surface area contributed by atoms with Crippen LogP contribution in [0.5, 0.6) is 0 Å². The van der Waals surface area contributed by atoms with E-state index in [9.17, 15) is 13.2 Å². The van der Waals surface area contributed by atoms with Gasteiger partial charge in [-0.25, -0.2) is 8.42 Å². The van der Waals surface area contributed by atoms with E-state index in [1.807, 2.05) is 30.3 Å². The fourth-order valence-corrected chi connectivity index (χ4v) is 4.63. The van der Waals surface area contributed by atoms with Crippen LogP contribution in [0.1, 0.15) is 0 Å². The molecule has 162 valence electrons. The van der Waals surface area contributed by atoms with Gasteiger partial charge in [-0.3, -0.25) is 4.79 Å². The topological polar surface area (TPSA) is 119 Å². The third-order valence-corrected chi connectivity index (χ3v) is 6.81. The van der Waals surface area contributed by atoms with Crippen LogP contribution < -0.4 is 5.32 Å². The highest BCUT2D eigenvalue weighted by Gasteiger charge is 2.27. The Kier molecular flexibility index (Phi) is 6.28. The Balaban J connectivity index is 1.47. The van der Waals surface area contributed by atoms with E-state index in [-0.39, 0.29) is 35.2 Å². The van der Waals surface area contributed by atoms with Gasteiger partial charge in [0.25, 0.3) is 0 Å². The Labute approximate surface area is 183 Å². The summed E-state index contributed by atoms with van der Waals surface area (Å²) in [7, 11) is -3.72. The zero-order chi connectivity index (χ0) is 21.8. The van der Waals surface area contributed by atoms with E-state index in [4.69, 9.17) is 16.3 Å². The number of benzene rings is 2. The average molecular weight is 463 g/mol. The molecule has 1 saturated heterocycles. The van der Waals surface area contributed by atoms with E-state index in [1.165, 1.54) is 22.5 Å². The molecular formula is C19H19ClN6O4S. The number of halogens is 1. The maximum absolute atomic E-state index is 12.8. The summed E-state index contributed by atoms with van der Waals surface area (Å²) in [6.45, 7) is 1.01. The lowest BCUT2D eigenvalue weighted by atomic mass is 10.2. The molecule has 1 N–H and O–H groups in total. The second kappa shape index (κ2) is 9.10. The van der Waals surface area contributed by atoms with Crippen LogP contribution in [0, 0.1) is 0 Å². The first kappa shape index (κ1) is 21.4. The molecule has 3 aromatic rings. The summed E-state index contributed by atoms with van der Waals surface area (Å²) in [6, 6.07) is 13.4. The Bertz CT molecular complexity index is 1180. The maximum atomic E-state index is 12.8. The van der Waals surface area contributed by atoms with Crippen molar-refractivity contribution in [1.29, 1.82) is 0 Å². The summed E-state index contributed by atoms with van der Waals surface area (Å²) >= 11 is 6.17. The lowest BCUT2D eigenvalue weighted by Crippen LogP contribution is -2.40. The molecule has 31 heavy (non-hydrogen) atoms. The second-order valence-corrected chi connectivity index (χ2v) is 9.06. The monoisotopic (exact) mass is 462 g/mol. The smallest absolute Gasteiger partial charge is 0.248 e. The molecule has 4 rings (SSSR count). The molecule has 0 radical (unpaired) electrons. The summed E-state index contributed by atoms with van der Waals surface area (Å²) in [5.41, 5.74) is 0.961. The fraction of sp³-hybridized carbons (Fsp3) is 0.263. The number of carbonyl (C=O) groups is 1. The van der Waals surface area contributed by atoms with Gasteiger partial charge in [-0.1, -0.05) is 41.9 Å². The van der Waals surface area contributed by atoms with Crippen molar-refractivity contribution in [1.82, 2.24) is 24.5 Å². The van der Waals surface area contributed by atoms with Crippen molar-refractivity contribution in [3.05, 3.63) is 53.6 Å². The Morgan fingerprint density at radius 1 is 1.13 bits per heavy atom. The largest absolute Gasteiger partial charge is 0.379 e. The average Bonchev–Trinajstić information content (AvgIpc) is 3.24. The maximum Gasteiger partial charge on any atom is 0.248 e. The van der Waals surface area contributed by atoms with Crippen LogP contribution in [0.2, 0.25) is 5.02 Å². The van der Waals surface area contributed by atoms with Gasteiger partial charge in [-0.2, -0.15) is 9.10 Å². The first-order valence-electron chi connectivity index (χ1n) is 9.44. The van der Waals surface area contributed by atoms with Crippen molar-refractivity contribution < 1.29 is 17.9 Å². The van der Waals surface area contributed by atoms with Gasteiger partial charge in [0.2, 0.25) is 21.8 Å². The number of anilines is 1. The molecule has 0 aliphatic carbocycles. The third kappa shape index (κ3) is 4.90. The zero-order valence-electron chi connectivity index (χ0n) is 16.3. The van der Waals surface area contributed by atoms with Gasteiger partial charge < -0.3 is 10.1 Å². The molecule has 0 saturated carbocycles. The van der Waals surface area contributed by atoms with Crippen LogP contribution in [0.3, 0.4) is 0 Å². The molecule has 0 bridgehead atoms. The second-order valence-electron chi connectivity index (χ2n) is 6.72. The molecular weight excluding hydrogens is 444 g/mol. The Morgan fingerprint density at radius 3 is 2.61 bits per heavy atom. The van der Waals surface area contributed by atoms with Gasteiger partial charge in [0, 0.05) is 18.7 Å². The van der Waals surface area contributed by atoms with Crippen molar-refractivity contribution >= 4 is 33.2 Å². The number of hydrogen-bond acceptors (Lipinski definition) is 7. The number of hydrogen-bond donors (Lipinski definition) is 1. The van der Waals surface area contributed by atoms with E-state index in [2.05, 4.69) is 20.7 Å². The summed E-state index contributed by atoms with van der Waals surface area (Å²) in [5, 5.41) is 14.8. The van der Waals surface area contributed by atoms with Crippen LogP contribution in [0.4, 0.5) is 5.69 Å². The molecule has 12 heteroatoms. The number of amides is 1. The molecule has 1 aromatic heterocycles. The predicted molar refractivity (Wildman–Crippen MR) is 113 cm³/mol. The summed E-state index contributed by atoms with van der Waals surface area (Å²) in [5.74, 6) is -0.0788. The van der Waals surface area contributed by atoms with E-state index in [0.717, 1.165) is 10.4 Å². The van der Waals surface area contributed by atoms with E-state index >= 15 is 0 Å². The minimum absolute atomic E-state index is 0.0411. The van der Waals surface area contributed by atoms with Crippen LogP contribution in [-0.4, -0.2) is 65.1 Å². The van der Waals surface area contributed by atoms with Crippen molar-refractivity contribution in [2.45, 2.75) is 11.4 Å². The lowest BCUT2D eigenvalue weighted by molar-refractivity contribution is -0.117. The first-order valence-corrected chi connectivity index (χ1v) is 11.3. The number of tetrazole rings is 1. The van der Waals surface area contributed by atoms with Gasteiger partial charge in [0.05, 0.1) is 28.8 Å². The van der Waals surface area contributed by atoms with Crippen molar-refractivity contribution in [3.8, 4) is 11.4 Å². The number of morpholine rings is 1. The van der Waals surface area contributed by atoms with Crippen LogP contribution in [-0.2, 0) is 26.1 Å². The SMILES string of the molecule is O=C(Cn1nnc(-c2ccccc2)n1)Nc1cc(S(=O)(=O)N2CCOCC2)ccc1Cl. The van der Waals surface area contributed by atoms with Crippen LogP contribution in [0.15, 0.2) is 53.4 Å². The Morgan fingerprint density at radius 2 is 1.87 bits per heavy atom. The molecule has 1 amide bonds. The molecule has 10 nitrogen and oxygen atoms in total. The molecule has 2 aromatic carbocycles. The molecule has 0 unspecified atom stereocenters. The highest BCUT2D eigenvalue weighted by Crippen LogP contribution is 2.27. The van der Waals surface area contributed by atoms with E-state index in [0.29, 0.717) is 19.0 Å². The highest BCUT2D eigenvalue weighted by molar-refractivity contribution is 7.89. The van der Waals surface area contributed by atoms with Gasteiger partial charge in [-0.05, 0) is 23.4 Å². The molecule has 1 aliphatic rings. The summed E-state index contributed by atoms with van der Waals surface area (Å²) in [6.07, 6.45) is 0. The predicted octanol–water partition coefficient (Wildman–Crippen LogP) is 1.65. The number of sulfonamides is 1. The number of rotatable bonds is 6. The summed E-state index contributed by atoms with van der Waals surface area (Å²) in [4.78, 5) is 13.7. The molecule has 2 heterocycles. The molecule has 0 spiro atoms. The van der Waals surface area contributed by atoms with Crippen LogP contribution in [0.25, 0.3) is 11.4 Å². The molecule has 1 aliphatic heterocycles. The Hall–Kier alpha value is -2.86. The quantitative estimate of drug-likeness (QED) is 0.591. The lowest BCUT2D eigenvalue weighted by Gasteiger charge is -2.26. The van der Waals surface area contributed by atoms with Gasteiger partial charge in [0.1, 0.15) is 6.54 Å². The number of nitrogens with one attached hydrogen (secondary N) is 1. The van der Waals surface area contributed by atoms with Crippen molar-refractivity contribution in [2.24, 2.45) is 0 Å². The van der Waals surface area contributed by atoms with Crippen LogP contribution >= 0.6 is 11.6 Å². The number of carbonyl (C=O) groups excluding carboxylic acids is 1. The number of ether oxygens (including phenoxy) is 1. The van der Waals surface area contributed by atoms with Gasteiger partial charge >= 0.3 is 0 Å². The van der Waals surface area contributed by atoms with Gasteiger partial charge in [0.15, 0.2) is 0 Å².